The zero-order valence-electron chi connectivity index (χ0n) is 15.5. The van der Waals surface area contributed by atoms with Crippen molar-refractivity contribution >= 4 is 28.1 Å². The number of nitrogens with one attached hydrogen (secondary N) is 1. The number of methoxy groups -OCH3 is 3. The topological polar surface area (TPSA) is 78.4 Å². The SMILES string of the molecule is COc1cccc(OC(C)C(=O)N/N=C/c2cc(Br)c(OC)c(OC)c2)c1. The lowest BCUT2D eigenvalue weighted by atomic mass is 10.2. The molecular weight excluding hydrogens is 416 g/mol. The summed E-state index contributed by atoms with van der Waals surface area (Å²) in [5.41, 5.74) is 3.18. The Kier molecular flexibility index (Phi) is 7.48. The minimum Gasteiger partial charge on any atom is -0.497 e. The maximum Gasteiger partial charge on any atom is 0.280 e. The summed E-state index contributed by atoms with van der Waals surface area (Å²) in [7, 11) is 4.67. The van der Waals surface area contributed by atoms with Gasteiger partial charge in [0.05, 0.1) is 32.0 Å². The third kappa shape index (κ3) is 5.62. The summed E-state index contributed by atoms with van der Waals surface area (Å²) in [6.45, 7) is 1.64. The quantitative estimate of drug-likeness (QED) is 0.506. The fourth-order valence-electron chi connectivity index (χ4n) is 2.21. The van der Waals surface area contributed by atoms with Gasteiger partial charge in [0.15, 0.2) is 17.6 Å². The number of amides is 1. The van der Waals surface area contributed by atoms with Crippen LogP contribution in [0.4, 0.5) is 0 Å². The average molecular weight is 437 g/mol. The van der Waals surface area contributed by atoms with Crippen LogP contribution < -0.4 is 24.4 Å². The van der Waals surface area contributed by atoms with Gasteiger partial charge in [-0.3, -0.25) is 4.79 Å². The summed E-state index contributed by atoms with van der Waals surface area (Å²) in [6, 6.07) is 10.6. The van der Waals surface area contributed by atoms with Crippen LogP contribution in [0.5, 0.6) is 23.0 Å². The number of hydrogen-bond donors (Lipinski definition) is 1. The zero-order valence-corrected chi connectivity index (χ0v) is 17.1. The smallest absolute Gasteiger partial charge is 0.280 e. The molecule has 0 aliphatic rings. The number of nitrogens with zero attached hydrogens (tertiary/aromatic N) is 1. The summed E-state index contributed by atoms with van der Waals surface area (Å²) in [6.07, 6.45) is 0.773. The highest BCUT2D eigenvalue weighted by atomic mass is 79.9. The monoisotopic (exact) mass is 436 g/mol. The lowest BCUT2D eigenvalue weighted by Gasteiger charge is -2.13. The molecule has 1 unspecified atom stereocenters. The van der Waals surface area contributed by atoms with E-state index in [2.05, 4.69) is 26.5 Å². The summed E-state index contributed by atoms with van der Waals surface area (Å²) < 4.78 is 22.0. The zero-order chi connectivity index (χ0) is 19.8. The molecule has 0 aromatic heterocycles. The summed E-state index contributed by atoms with van der Waals surface area (Å²) in [4.78, 5) is 12.1. The van der Waals surface area contributed by atoms with Gasteiger partial charge < -0.3 is 18.9 Å². The fraction of sp³-hybridized carbons (Fsp3) is 0.263. The van der Waals surface area contributed by atoms with Crippen LogP contribution in [-0.4, -0.2) is 39.6 Å². The normalized spacial score (nSPS) is 11.7. The van der Waals surface area contributed by atoms with E-state index in [1.807, 2.05) is 0 Å². The molecule has 1 atom stereocenters. The first-order valence-electron chi connectivity index (χ1n) is 8.03. The number of ether oxygens (including phenoxy) is 4. The average Bonchev–Trinajstić information content (AvgIpc) is 2.67. The molecule has 0 radical (unpaired) electrons. The van der Waals surface area contributed by atoms with Gasteiger partial charge in [0, 0.05) is 6.07 Å². The van der Waals surface area contributed by atoms with Crippen molar-refractivity contribution in [1.29, 1.82) is 0 Å². The van der Waals surface area contributed by atoms with E-state index in [1.54, 1.807) is 64.7 Å². The Morgan fingerprint density at radius 3 is 2.52 bits per heavy atom. The molecule has 144 valence electrons. The van der Waals surface area contributed by atoms with Crippen LogP contribution >= 0.6 is 15.9 Å². The molecule has 2 aromatic rings. The maximum atomic E-state index is 12.1. The number of halogens is 1. The van der Waals surface area contributed by atoms with E-state index in [0.717, 1.165) is 5.56 Å². The first kappa shape index (κ1) is 20.6. The van der Waals surface area contributed by atoms with Gasteiger partial charge in [0.2, 0.25) is 0 Å². The van der Waals surface area contributed by atoms with E-state index < -0.39 is 6.10 Å². The van der Waals surface area contributed by atoms with Gasteiger partial charge in [0.1, 0.15) is 11.5 Å². The molecule has 0 aliphatic heterocycles. The Balaban J connectivity index is 1.98. The second-order valence-electron chi connectivity index (χ2n) is 5.41. The Hall–Kier alpha value is -2.74. The molecule has 7 nitrogen and oxygen atoms in total. The van der Waals surface area contributed by atoms with E-state index >= 15 is 0 Å². The first-order chi connectivity index (χ1) is 13.0. The molecule has 0 bridgehead atoms. The molecule has 0 spiro atoms. The molecule has 2 rings (SSSR count). The number of carbonyl (C=O) groups is 1. The predicted molar refractivity (Wildman–Crippen MR) is 106 cm³/mol. The standard InChI is InChI=1S/C19H21BrN2O5/c1-12(27-15-7-5-6-14(10-15)24-2)19(23)22-21-11-13-8-16(20)18(26-4)17(9-13)25-3/h5-12H,1-4H3,(H,22,23)/b21-11+. The lowest BCUT2D eigenvalue weighted by Crippen LogP contribution is -2.33. The van der Waals surface area contributed by atoms with E-state index in [4.69, 9.17) is 18.9 Å². The lowest BCUT2D eigenvalue weighted by molar-refractivity contribution is -0.127. The van der Waals surface area contributed by atoms with Gasteiger partial charge in [0.25, 0.3) is 5.91 Å². The number of carbonyl (C=O) groups excluding carboxylic acids is 1. The van der Waals surface area contributed by atoms with Gasteiger partial charge in [-0.15, -0.1) is 0 Å². The second kappa shape index (κ2) is 9.82. The minimum absolute atomic E-state index is 0.381. The van der Waals surface area contributed by atoms with Crippen molar-refractivity contribution < 1.29 is 23.7 Å². The fourth-order valence-corrected chi connectivity index (χ4v) is 2.83. The molecular formula is C19H21BrN2O5. The van der Waals surface area contributed by atoms with Gasteiger partial charge >= 0.3 is 0 Å². The molecule has 8 heteroatoms. The largest absolute Gasteiger partial charge is 0.497 e. The summed E-state index contributed by atoms with van der Waals surface area (Å²) in [5.74, 6) is 1.93. The Bertz CT molecular complexity index is 826. The number of rotatable bonds is 8. The van der Waals surface area contributed by atoms with Crippen LogP contribution in [0.1, 0.15) is 12.5 Å². The summed E-state index contributed by atoms with van der Waals surface area (Å²) >= 11 is 3.41. The highest BCUT2D eigenvalue weighted by Crippen LogP contribution is 2.35. The Morgan fingerprint density at radius 2 is 1.85 bits per heavy atom. The van der Waals surface area contributed by atoms with Crippen molar-refractivity contribution in [1.82, 2.24) is 5.43 Å². The minimum atomic E-state index is -0.730. The molecule has 1 N–H and O–H groups in total. The molecule has 0 aliphatic carbocycles. The van der Waals surface area contributed by atoms with Crippen LogP contribution in [0.2, 0.25) is 0 Å². The van der Waals surface area contributed by atoms with Gasteiger partial charge in [-0.2, -0.15) is 5.10 Å². The number of benzene rings is 2. The van der Waals surface area contributed by atoms with Gasteiger partial charge in [-0.05, 0) is 52.7 Å². The van der Waals surface area contributed by atoms with E-state index in [9.17, 15) is 4.79 Å². The highest BCUT2D eigenvalue weighted by Gasteiger charge is 2.14. The molecule has 0 saturated heterocycles. The van der Waals surface area contributed by atoms with Crippen LogP contribution in [0, 0.1) is 0 Å². The third-order valence-corrected chi connectivity index (χ3v) is 4.16. The van der Waals surface area contributed by atoms with E-state index in [-0.39, 0.29) is 5.91 Å². The van der Waals surface area contributed by atoms with Crippen LogP contribution in [0.3, 0.4) is 0 Å². The van der Waals surface area contributed by atoms with Crippen molar-refractivity contribution in [2.24, 2.45) is 5.10 Å². The predicted octanol–water partition coefficient (Wildman–Crippen LogP) is 3.39. The third-order valence-electron chi connectivity index (χ3n) is 3.57. The van der Waals surface area contributed by atoms with Gasteiger partial charge in [-0.25, -0.2) is 5.43 Å². The van der Waals surface area contributed by atoms with Crippen molar-refractivity contribution in [3.05, 3.63) is 46.4 Å². The molecule has 0 fully saturated rings. The Labute approximate surface area is 166 Å². The molecule has 0 heterocycles. The van der Waals surface area contributed by atoms with Crippen LogP contribution in [0.25, 0.3) is 0 Å². The highest BCUT2D eigenvalue weighted by molar-refractivity contribution is 9.10. The molecule has 1 amide bonds. The summed E-state index contributed by atoms with van der Waals surface area (Å²) in [5, 5.41) is 3.96. The van der Waals surface area contributed by atoms with Gasteiger partial charge in [-0.1, -0.05) is 6.07 Å². The van der Waals surface area contributed by atoms with Crippen molar-refractivity contribution in [3.8, 4) is 23.0 Å². The Morgan fingerprint density at radius 1 is 1.11 bits per heavy atom. The van der Waals surface area contributed by atoms with Crippen molar-refractivity contribution in [3.63, 3.8) is 0 Å². The first-order valence-corrected chi connectivity index (χ1v) is 8.83. The molecule has 0 saturated carbocycles. The maximum absolute atomic E-state index is 12.1. The second-order valence-corrected chi connectivity index (χ2v) is 6.27. The number of hydrogen-bond acceptors (Lipinski definition) is 6. The van der Waals surface area contributed by atoms with Crippen LogP contribution in [0.15, 0.2) is 46.0 Å². The van der Waals surface area contributed by atoms with E-state index in [1.165, 1.54) is 6.21 Å². The molecule has 2 aromatic carbocycles. The van der Waals surface area contributed by atoms with Crippen molar-refractivity contribution in [2.45, 2.75) is 13.0 Å². The molecule has 27 heavy (non-hydrogen) atoms. The van der Waals surface area contributed by atoms with Crippen LogP contribution in [-0.2, 0) is 4.79 Å². The number of hydrazone groups is 1. The van der Waals surface area contributed by atoms with Crippen molar-refractivity contribution in [2.75, 3.05) is 21.3 Å². The van der Waals surface area contributed by atoms with E-state index in [0.29, 0.717) is 27.5 Å².